The zero-order valence-corrected chi connectivity index (χ0v) is 16.2. The smallest absolute Gasteiger partial charge is 0.335 e. The maximum Gasteiger partial charge on any atom is 0.335 e. The number of nitrogens with zero attached hydrogens (tertiary/aromatic N) is 2. The summed E-state index contributed by atoms with van der Waals surface area (Å²) in [4.78, 5) is 28.2. The van der Waals surface area contributed by atoms with Crippen LogP contribution in [0.5, 0.6) is 0 Å². The number of amides is 1. The van der Waals surface area contributed by atoms with E-state index in [4.69, 9.17) is 5.11 Å². The molecule has 0 unspecified atom stereocenters. The summed E-state index contributed by atoms with van der Waals surface area (Å²) >= 11 is 0. The van der Waals surface area contributed by atoms with E-state index in [-0.39, 0.29) is 17.2 Å². The Morgan fingerprint density at radius 2 is 1.71 bits per heavy atom. The molecule has 5 aromatic rings. The maximum atomic E-state index is 12.8. The lowest BCUT2D eigenvalue weighted by Gasteiger charge is -2.07. The number of fused-ring (bicyclic) bond motifs is 2. The van der Waals surface area contributed by atoms with E-state index in [1.807, 2.05) is 54.9 Å². The first-order chi connectivity index (χ1) is 15.1. The summed E-state index contributed by atoms with van der Waals surface area (Å²) in [6, 6.07) is 19.7. The van der Waals surface area contributed by atoms with Crippen LogP contribution >= 0.6 is 0 Å². The number of H-pyrrole nitrogens is 1. The van der Waals surface area contributed by atoms with Gasteiger partial charge >= 0.3 is 5.97 Å². The molecule has 0 spiro atoms. The lowest BCUT2D eigenvalue weighted by molar-refractivity contribution is 0.0696. The van der Waals surface area contributed by atoms with Crippen molar-refractivity contribution in [3.05, 3.63) is 90.4 Å². The quantitative estimate of drug-likeness (QED) is 0.398. The molecule has 1 amide bonds. The number of carbonyl (C=O) groups is 2. The lowest BCUT2D eigenvalue weighted by atomic mass is 9.99. The Balaban J connectivity index is 1.51. The van der Waals surface area contributed by atoms with Crippen molar-refractivity contribution in [2.75, 3.05) is 5.32 Å². The molecule has 7 heteroatoms. The van der Waals surface area contributed by atoms with Gasteiger partial charge in [0.15, 0.2) is 5.69 Å². The van der Waals surface area contributed by atoms with E-state index < -0.39 is 5.97 Å². The van der Waals surface area contributed by atoms with Crippen LogP contribution in [0.4, 0.5) is 5.69 Å². The number of anilines is 1. The predicted molar refractivity (Wildman–Crippen MR) is 118 cm³/mol. The van der Waals surface area contributed by atoms with Crippen molar-refractivity contribution >= 4 is 39.2 Å². The van der Waals surface area contributed by atoms with Crippen LogP contribution in [-0.2, 0) is 0 Å². The van der Waals surface area contributed by atoms with Gasteiger partial charge < -0.3 is 10.4 Å². The van der Waals surface area contributed by atoms with Gasteiger partial charge in [0.25, 0.3) is 5.91 Å². The third kappa shape index (κ3) is 3.38. The molecule has 3 N–H and O–H groups in total. The van der Waals surface area contributed by atoms with E-state index in [2.05, 4.69) is 20.5 Å². The topological polar surface area (TPSA) is 108 Å². The van der Waals surface area contributed by atoms with Crippen molar-refractivity contribution in [2.24, 2.45) is 0 Å². The second-order valence-corrected chi connectivity index (χ2v) is 7.08. The van der Waals surface area contributed by atoms with Crippen molar-refractivity contribution in [2.45, 2.75) is 0 Å². The van der Waals surface area contributed by atoms with Crippen LogP contribution in [-0.4, -0.2) is 32.2 Å². The molecule has 0 saturated heterocycles. The molecule has 2 heterocycles. The Kier molecular flexibility index (Phi) is 4.41. The van der Waals surface area contributed by atoms with Crippen molar-refractivity contribution in [3.63, 3.8) is 0 Å². The molecule has 2 aromatic heterocycles. The number of hydrogen-bond donors (Lipinski definition) is 3. The highest BCUT2D eigenvalue weighted by molar-refractivity contribution is 6.12. The van der Waals surface area contributed by atoms with Crippen molar-refractivity contribution in [1.82, 2.24) is 15.2 Å². The number of rotatable bonds is 4. The summed E-state index contributed by atoms with van der Waals surface area (Å²) in [5.41, 5.74) is 3.53. The average molecular weight is 408 g/mol. The first kappa shape index (κ1) is 18.5. The third-order valence-corrected chi connectivity index (χ3v) is 5.15. The molecule has 5 rings (SSSR count). The minimum absolute atomic E-state index is 0.150. The Bertz CT molecular complexity index is 1450. The molecule has 0 saturated carbocycles. The van der Waals surface area contributed by atoms with Crippen LogP contribution in [0.1, 0.15) is 20.8 Å². The third-order valence-electron chi connectivity index (χ3n) is 5.15. The molecule has 0 aliphatic heterocycles. The summed E-state index contributed by atoms with van der Waals surface area (Å²) in [5.74, 6) is -1.41. The first-order valence-corrected chi connectivity index (χ1v) is 9.56. The van der Waals surface area contributed by atoms with E-state index >= 15 is 0 Å². The second kappa shape index (κ2) is 7.38. The number of carboxylic acid groups (broad SMARTS) is 1. The molecule has 31 heavy (non-hydrogen) atoms. The van der Waals surface area contributed by atoms with Gasteiger partial charge in [-0.1, -0.05) is 30.3 Å². The zero-order valence-electron chi connectivity index (χ0n) is 16.2. The molecule has 0 fully saturated rings. The molecule has 0 atom stereocenters. The van der Waals surface area contributed by atoms with Crippen LogP contribution in [0.3, 0.4) is 0 Å². The zero-order chi connectivity index (χ0) is 21.4. The minimum atomic E-state index is -1.02. The molecule has 150 valence electrons. The van der Waals surface area contributed by atoms with Crippen LogP contribution in [0.25, 0.3) is 32.8 Å². The monoisotopic (exact) mass is 408 g/mol. The van der Waals surface area contributed by atoms with Crippen LogP contribution < -0.4 is 5.32 Å². The highest BCUT2D eigenvalue weighted by Crippen LogP contribution is 2.30. The number of nitrogens with one attached hydrogen (secondary N) is 2. The highest BCUT2D eigenvalue weighted by atomic mass is 16.4. The van der Waals surface area contributed by atoms with Gasteiger partial charge in [0.2, 0.25) is 0 Å². The summed E-state index contributed by atoms with van der Waals surface area (Å²) in [5, 5.41) is 21.6. The van der Waals surface area contributed by atoms with Gasteiger partial charge in [-0.25, -0.2) is 4.79 Å². The first-order valence-electron chi connectivity index (χ1n) is 9.56. The number of carbonyl (C=O) groups excluding carboxylic acids is 1. The Hall–Kier alpha value is -4.52. The molecule has 0 aliphatic rings. The minimum Gasteiger partial charge on any atom is -0.478 e. The Morgan fingerprint density at radius 1 is 0.903 bits per heavy atom. The molecule has 0 bridgehead atoms. The fraction of sp³-hybridized carbons (Fsp3) is 0. The number of carboxylic acids is 1. The molecule has 0 aliphatic carbocycles. The second-order valence-electron chi connectivity index (χ2n) is 7.08. The van der Waals surface area contributed by atoms with Crippen LogP contribution in [0.2, 0.25) is 0 Å². The van der Waals surface area contributed by atoms with Crippen molar-refractivity contribution in [1.29, 1.82) is 0 Å². The fourth-order valence-corrected chi connectivity index (χ4v) is 3.59. The number of aromatic carboxylic acids is 1. The number of benzene rings is 3. The summed E-state index contributed by atoms with van der Waals surface area (Å²) in [7, 11) is 0. The van der Waals surface area contributed by atoms with Crippen molar-refractivity contribution in [3.8, 4) is 11.1 Å². The Morgan fingerprint density at radius 3 is 2.52 bits per heavy atom. The normalized spacial score (nSPS) is 11.0. The molecule has 3 aromatic carbocycles. The van der Waals surface area contributed by atoms with E-state index in [1.165, 1.54) is 12.1 Å². The Labute approximate surface area is 176 Å². The summed E-state index contributed by atoms with van der Waals surface area (Å²) < 4.78 is 0. The molecule has 7 nitrogen and oxygen atoms in total. The number of hydrogen-bond acceptors (Lipinski definition) is 4. The predicted octanol–water partition coefficient (Wildman–Crippen LogP) is 4.73. The van der Waals surface area contributed by atoms with Gasteiger partial charge in [0, 0.05) is 34.4 Å². The summed E-state index contributed by atoms with van der Waals surface area (Å²) in [6.07, 6.45) is 3.64. The van der Waals surface area contributed by atoms with E-state index in [9.17, 15) is 9.59 Å². The molecule has 0 radical (unpaired) electrons. The molecular formula is C24H16N4O3. The van der Waals surface area contributed by atoms with Gasteiger partial charge in [0.1, 0.15) is 0 Å². The van der Waals surface area contributed by atoms with Gasteiger partial charge in [-0.2, -0.15) is 5.10 Å². The van der Waals surface area contributed by atoms with Gasteiger partial charge in [-0.15, -0.1) is 0 Å². The lowest BCUT2D eigenvalue weighted by Crippen LogP contribution is -2.13. The fourth-order valence-electron chi connectivity index (χ4n) is 3.59. The van der Waals surface area contributed by atoms with Gasteiger partial charge in [-0.05, 0) is 47.3 Å². The largest absolute Gasteiger partial charge is 0.478 e. The standard InChI is InChI=1S/C24H16N4O3/c29-23(26-17-8-5-14(6-9-17)24(30)31)22-19-11-15(7-10-21(19)27-28-22)20-13-25-12-16-3-1-2-4-18(16)20/h1-13H,(H,26,29)(H,27,28)(H,30,31). The SMILES string of the molecule is O=C(O)c1ccc(NC(=O)c2n[nH]c3ccc(-c4cncc5ccccc45)cc23)cc1. The number of pyridine rings is 1. The molecular weight excluding hydrogens is 392 g/mol. The van der Waals surface area contributed by atoms with Crippen LogP contribution in [0, 0.1) is 0 Å². The average Bonchev–Trinajstić information content (AvgIpc) is 3.22. The number of aromatic nitrogens is 3. The van der Waals surface area contributed by atoms with Crippen molar-refractivity contribution < 1.29 is 14.7 Å². The highest BCUT2D eigenvalue weighted by Gasteiger charge is 2.16. The van der Waals surface area contributed by atoms with E-state index in [1.54, 1.807) is 12.1 Å². The van der Waals surface area contributed by atoms with E-state index in [0.29, 0.717) is 11.1 Å². The van der Waals surface area contributed by atoms with Crippen LogP contribution in [0.15, 0.2) is 79.1 Å². The van der Waals surface area contributed by atoms with Gasteiger partial charge in [0.05, 0.1) is 11.1 Å². The summed E-state index contributed by atoms with van der Waals surface area (Å²) in [6.45, 7) is 0. The number of aromatic amines is 1. The van der Waals surface area contributed by atoms with Gasteiger partial charge in [-0.3, -0.25) is 14.9 Å². The van der Waals surface area contributed by atoms with E-state index in [0.717, 1.165) is 27.4 Å². The maximum absolute atomic E-state index is 12.8.